The van der Waals surface area contributed by atoms with Crippen molar-refractivity contribution in [2.24, 2.45) is 0 Å². The van der Waals surface area contributed by atoms with E-state index in [4.69, 9.17) is 0 Å². The third-order valence-electron chi connectivity index (χ3n) is 3.48. The van der Waals surface area contributed by atoms with Crippen molar-refractivity contribution in [2.45, 2.75) is 52.1 Å². The number of hydrogen-bond acceptors (Lipinski definition) is 4. The van der Waals surface area contributed by atoms with Crippen LogP contribution in [0.5, 0.6) is 0 Å². The van der Waals surface area contributed by atoms with Gasteiger partial charge in [-0.1, -0.05) is 6.92 Å². The zero-order chi connectivity index (χ0) is 14.0. The summed E-state index contributed by atoms with van der Waals surface area (Å²) in [4.78, 5) is 0. The molecule has 1 aliphatic rings. The van der Waals surface area contributed by atoms with Gasteiger partial charge in [0.15, 0.2) is 5.82 Å². The molecule has 2 rings (SSSR count). The van der Waals surface area contributed by atoms with Crippen molar-refractivity contribution in [3.63, 3.8) is 0 Å². The number of hydrogen-bond donors (Lipinski definition) is 0. The molecule has 2 heterocycles. The smallest absolute Gasteiger partial charge is 0.214 e. The molecular weight excluding hydrogens is 264 g/mol. The third kappa shape index (κ3) is 2.81. The molecule has 19 heavy (non-hydrogen) atoms. The van der Waals surface area contributed by atoms with Crippen molar-refractivity contribution in [3.8, 4) is 0 Å². The van der Waals surface area contributed by atoms with E-state index in [1.807, 2.05) is 25.3 Å². The first kappa shape index (κ1) is 14.5. The molecule has 0 spiro atoms. The standard InChI is InChI=1S/C12H22N4O2S/c1-4-8-19(17,18)16-7-5-6-11(16)12-14-13-9-15(12)10(2)3/h9-11H,4-8H2,1-3H3. The zero-order valence-corrected chi connectivity index (χ0v) is 12.6. The van der Waals surface area contributed by atoms with Crippen LogP contribution in [0.1, 0.15) is 57.9 Å². The summed E-state index contributed by atoms with van der Waals surface area (Å²) >= 11 is 0. The maximum atomic E-state index is 12.3. The van der Waals surface area contributed by atoms with E-state index in [2.05, 4.69) is 10.2 Å². The zero-order valence-electron chi connectivity index (χ0n) is 11.8. The fourth-order valence-corrected chi connectivity index (χ4v) is 4.34. The highest BCUT2D eigenvalue weighted by atomic mass is 32.2. The van der Waals surface area contributed by atoms with E-state index in [-0.39, 0.29) is 17.8 Å². The molecule has 1 atom stereocenters. The van der Waals surface area contributed by atoms with Gasteiger partial charge < -0.3 is 4.57 Å². The molecule has 0 radical (unpaired) electrons. The quantitative estimate of drug-likeness (QED) is 0.826. The van der Waals surface area contributed by atoms with E-state index in [0.717, 1.165) is 18.7 Å². The topological polar surface area (TPSA) is 68.1 Å². The lowest BCUT2D eigenvalue weighted by Gasteiger charge is -2.24. The van der Waals surface area contributed by atoms with Crippen LogP contribution >= 0.6 is 0 Å². The molecule has 108 valence electrons. The molecule has 1 aliphatic heterocycles. The van der Waals surface area contributed by atoms with E-state index in [9.17, 15) is 8.42 Å². The summed E-state index contributed by atoms with van der Waals surface area (Å²) in [5.41, 5.74) is 0. The molecule has 1 fully saturated rings. The van der Waals surface area contributed by atoms with Gasteiger partial charge in [0.25, 0.3) is 0 Å². The van der Waals surface area contributed by atoms with Gasteiger partial charge in [0.2, 0.25) is 10.0 Å². The summed E-state index contributed by atoms with van der Waals surface area (Å²) in [6, 6.07) is 0.0859. The normalized spacial score (nSPS) is 21.4. The van der Waals surface area contributed by atoms with Crippen LogP contribution in [0.4, 0.5) is 0 Å². The summed E-state index contributed by atoms with van der Waals surface area (Å²) in [5.74, 6) is 0.978. The van der Waals surface area contributed by atoms with E-state index in [1.165, 1.54) is 0 Å². The van der Waals surface area contributed by atoms with Gasteiger partial charge in [0.1, 0.15) is 6.33 Å². The van der Waals surface area contributed by atoms with Crippen LogP contribution in [0.2, 0.25) is 0 Å². The maximum Gasteiger partial charge on any atom is 0.214 e. The maximum absolute atomic E-state index is 12.3. The highest BCUT2D eigenvalue weighted by Gasteiger charge is 2.37. The van der Waals surface area contributed by atoms with Crippen molar-refractivity contribution in [2.75, 3.05) is 12.3 Å². The van der Waals surface area contributed by atoms with Crippen LogP contribution < -0.4 is 0 Å². The molecule has 1 aromatic rings. The first-order valence-corrected chi connectivity index (χ1v) is 8.47. The van der Waals surface area contributed by atoms with Crippen LogP contribution in [0, 0.1) is 0 Å². The lowest BCUT2D eigenvalue weighted by Crippen LogP contribution is -2.33. The lowest BCUT2D eigenvalue weighted by atomic mass is 10.2. The van der Waals surface area contributed by atoms with Crippen molar-refractivity contribution >= 4 is 10.0 Å². The Morgan fingerprint density at radius 1 is 1.47 bits per heavy atom. The Balaban J connectivity index is 2.31. The Labute approximate surface area is 114 Å². The van der Waals surface area contributed by atoms with Crippen molar-refractivity contribution < 1.29 is 8.42 Å². The van der Waals surface area contributed by atoms with Crippen molar-refractivity contribution in [1.82, 2.24) is 19.1 Å². The molecule has 0 N–H and O–H groups in total. The second kappa shape index (κ2) is 5.58. The Kier molecular flexibility index (Phi) is 4.25. The Hall–Kier alpha value is -0.950. The fourth-order valence-electron chi connectivity index (χ4n) is 2.59. The minimum atomic E-state index is -3.18. The average molecular weight is 286 g/mol. The van der Waals surface area contributed by atoms with Crippen molar-refractivity contribution in [3.05, 3.63) is 12.2 Å². The summed E-state index contributed by atoms with van der Waals surface area (Å²) in [5, 5.41) is 8.09. The van der Waals surface area contributed by atoms with Crippen LogP contribution in [-0.2, 0) is 10.0 Å². The van der Waals surface area contributed by atoms with Gasteiger partial charge in [-0.25, -0.2) is 8.42 Å². The Morgan fingerprint density at radius 3 is 2.84 bits per heavy atom. The summed E-state index contributed by atoms with van der Waals surface area (Å²) in [6.45, 7) is 6.58. The Bertz CT molecular complexity index is 524. The van der Waals surface area contributed by atoms with Gasteiger partial charge in [0.05, 0.1) is 11.8 Å². The van der Waals surface area contributed by atoms with Gasteiger partial charge in [0, 0.05) is 12.6 Å². The van der Waals surface area contributed by atoms with E-state index >= 15 is 0 Å². The summed E-state index contributed by atoms with van der Waals surface area (Å²) in [6.07, 6.45) is 4.04. The summed E-state index contributed by atoms with van der Waals surface area (Å²) < 4.78 is 28.1. The largest absolute Gasteiger partial charge is 0.314 e. The predicted octanol–water partition coefficient (Wildman–Crippen LogP) is 1.74. The second-order valence-electron chi connectivity index (χ2n) is 5.27. The number of nitrogens with zero attached hydrogens (tertiary/aromatic N) is 4. The SMILES string of the molecule is CCCS(=O)(=O)N1CCCC1c1nncn1C(C)C. The van der Waals surface area contributed by atoms with Crippen molar-refractivity contribution in [1.29, 1.82) is 0 Å². The van der Waals surface area contributed by atoms with Crippen LogP contribution in [-0.4, -0.2) is 39.8 Å². The molecule has 0 saturated carbocycles. The monoisotopic (exact) mass is 286 g/mol. The lowest BCUT2D eigenvalue weighted by molar-refractivity contribution is 0.366. The minimum Gasteiger partial charge on any atom is -0.314 e. The molecule has 7 heteroatoms. The predicted molar refractivity (Wildman–Crippen MR) is 73.2 cm³/mol. The van der Waals surface area contributed by atoms with E-state index < -0.39 is 10.0 Å². The molecule has 0 aromatic carbocycles. The summed E-state index contributed by atoms with van der Waals surface area (Å²) in [7, 11) is -3.18. The van der Waals surface area contributed by atoms with E-state index in [1.54, 1.807) is 10.6 Å². The molecule has 6 nitrogen and oxygen atoms in total. The third-order valence-corrected chi connectivity index (χ3v) is 5.55. The highest BCUT2D eigenvalue weighted by molar-refractivity contribution is 7.89. The van der Waals surface area contributed by atoms with Gasteiger partial charge in [-0.05, 0) is 33.1 Å². The molecule has 1 aromatic heterocycles. The van der Waals surface area contributed by atoms with E-state index in [0.29, 0.717) is 13.0 Å². The van der Waals surface area contributed by atoms with Crippen LogP contribution in [0.15, 0.2) is 6.33 Å². The molecular formula is C12H22N4O2S. The second-order valence-corrected chi connectivity index (χ2v) is 7.32. The number of sulfonamides is 1. The minimum absolute atomic E-state index is 0.151. The molecule has 1 unspecified atom stereocenters. The first-order chi connectivity index (χ1) is 8.97. The van der Waals surface area contributed by atoms with Crippen LogP contribution in [0.3, 0.4) is 0 Å². The molecule has 0 amide bonds. The first-order valence-electron chi connectivity index (χ1n) is 6.86. The molecule has 0 bridgehead atoms. The number of rotatable bonds is 5. The Morgan fingerprint density at radius 2 is 2.21 bits per heavy atom. The van der Waals surface area contributed by atoms with Gasteiger partial charge in [-0.3, -0.25) is 0 Å². The highest BCUT2D eigenvalue weighted by Crippen LogP contribution is 2.34. The molecule has 1 saturated heterocycles. The van der Waals surface area contributed by atoms with Gasteiger partial charge >= 0.3 is 0 Å². The average Bonchev–Trinajstić information content (AvgIpc) is 2.97. The van der Waals surface area contributed by atoms with Crippen LogP contribution in [0.25, 0.3) is 0 Å². The van der Waals surface area contributed by atoms with Gasteiger partial charge in [-0.15, -0.1) is 10.2 Å². The number of aromatic nitrogens is 3. The molecule has 0 aliphatic carbocycles. The van der Waals surface area contributed by atoms with Gasteiger partial charge in [-0.2, -0.15) is 4.31 Å². The fraction of sp³-hybridized carbons (Fsp3) is 0.833.